The SMILES string of the molecule is COc1cccc(CNC(=O)N2CCC(OCC(C)C)C2)n1. The van der Waals surface area contributed by atoms with Crippen molar-refractivity contribution in [2.24, 2.45) is 5.92 Å². The lowest BCUT2D eigenvalue weighted by atomic mass is 10.2. The molecule has 6 nitrogen and oxygen atoms in total. The molecule has 6 heteroatoms. The highest BCUT2D eigenvalue weighted by atomic mass is 16.5. The maximum Gasteiger partial charge on any atom is 0.317 e. The van der Waals surface area contributed by atoms with E-state index in [1.165, 1.54) is 0 Å². The number of carbonyl (C=O) groups is 1. The summed E-state index contributed by atoms with van der Waals surface area (Å²) in [5, 5.41) is 2.89. The average molecular weight is 307 g/mol. The van der Waals surface area contributed by atoms with E-state index in [1.54, 1.807) is 18.1 Å². The third kappa shape index (κ3) is 4.87. The van der Waals surface area contributed by atoms with E-state index in [1.807, 2.05) is 12.1 Å². The van der Waals surface area contributed by atoms with Gasteiger partial charge in [-0.2, -0.15) is 0 Å². The molecule has 1 aliphatic heterocycles. The van der Waals surface area contributed by atoms with Crippen LogP contribution in [0.15, 0.2) is 18.2 Å². The molecule has 1 N–H and O–H groups in total. The smallest absolute Gasteiger partial charge is 0.317 e. The fourth-order valence-corrected chi connectivity index (χ4v) is 2.32. The highest BCUT2D eigenvalue weighted by Crippen LogP contribution is 2.14. The normalized spacial score (nSPS) is 17.8. The summed E-state index contributed by atoms with van der Waals surface area (Å²) in [6.07, 6.45) is 1.06. The second-order valence-electron chi connectivity index (χ2n) is 5.91. The first kappa shape index (κ1) is 16.5. The van der Waals surface area contributed by atoms with Crippen LogP contribution >= 0.6 is 0 Å². The van der Waals surface area contributed by atoms with Crippen LogP contribution in [0.2, 0.25) is 0 Å². The summed E-state index contributed by atoms with van der Waals surface area (Å²) in [5.74, 6) is 1.07. The van der Waals surface area contributed by atoms with Crippen molar-refractivity contribution < 1.29 is 14.3 Å². The van der Waals surface area contributed by atoms with Crippen molar-refractivity contribution in [1.29, 1.82) is 0 Å². The first-order valence-electron chi connectivity index (χ1n) is 7.72. The Hall–Kier alpha value is -1.82. The van der Waals surface area contributed by atoms with Crippen LogP contribution in [0.3, 0.4) is 0 Å². The van der Waals surface area contributed by atoms with Gasteiger partial charge in [0.25, 0.3) is 0 Å². The van der Waals surface area contributed by atoms with E-state index in [-0.39, 0.29) is 12.1 Å². The number of ether oxygens (including phenoxy) is 2. The van der Waals surface area contributed by atoms with Crippen molar-refractivity contribution >= 4 is 6.03 Å². The predicted octanol–water partition coefficient (Wildman–Crippen LogP) is 2.05. The summed E-state index contributed by atoms with van der Waals surface area (Å²) in [5.41, 5.74) is 0.777. The van der Waals surface area contributed by atoms with Crippen molar-refractivity contribution in [1.82, 2.24) is 15.2 Å². The van der Waals surface area contributed by atoms with Crippen LogP contribution in [0.25, 0.3) is 0 Å². The van der Waals surface area contributed by atoms with E-state index in [2.05, 4.69) is 24.1 Å². The van der Waals surface area contributed by atoms with E-state index in [0.29, 0.717) is 24.9 Å². The molecule has 2 amide bonds. The molecule has 22 heavy (non-hydrogen) atoms. The van der Waals surface area contributed by atoms with Gasteiger partial charge < -0.3 is 19.7 Å². The molecule has 0 saturated carbocycles. The predicted molar refractivity (Wildman–Crippen MR) is 83.8 cm³/mol. The van der Waals surface area contributed by atoms with Gasteiger partial charge in [-0.25, -0.2) is 9.78 Å². The molecule has 1 aromatic heterocycles. The number of pyridine rings is 1. The summed E-state index contributed by atoms with van der Waals surface area (Å²) in [6, 6.07) is 5.43. The molecule has 1 atom stereocenters. The maximum absolute atomic E-state index is 12.2. The lowest BCUT2D eigenvalue weighted by molar-refractivity contribution is 0.0436. The van der Waals surface area contributed by atoms with Crippen LogP contribution in [-0.4, -0.2) is 48.8 Å². The molecule has 0 radical (unpaired) electrons. The second-order valence-corrected chi connectivity index (χ2v) is 5.91. The van der Waals surface area contributed by atoms with Crippen molar-refractivity contribution in [2.75, 3.05) is 26.8 Å². The van der Waals surface area contributed by atoms with Crippen LogP contribution in [0.5, 0.6) is 5.88 Å². The molecule has 1 aliphatic rings. The monoisotopic (exact) mass is 307 g/mol. The molecule has 1 aromatic rings. The van der Waals surface area contributed by atoms with E-state index in [0.717, 1.165) is 25.3 Å². The molecule has 1 saturated heterocycles. The third-order valence-corrected chi connectivity index (χ3v) is 3.51. The minimum absolute atomic E-state index is 0.0692. The zero-order valence-electron chi connectivity index (χ0n) is 13.5. The van der Waals surface area contributed by atoms with E-state index < -0.39 is 0 Å². The van der Waals surface area contributed by atoms with Crippen molar-refractivity contribution in [2.45, 2.75) is 32.9 Å². The standard InChI is InChI=1S/C16H25N3O3/c1-12(2)11-22-14-7-8-19(10-14)16(20)17-9-13-5-4-6-15(18-13)21-3/h4-6,12,14H,7-11H2,1-3H3,(H,17,20). The Balaban J connectivity index is 1.75. The van der Waals surface area contributed by atoms with Crippen LogP contribution < -0.4 is 10.1 Å². The van der Waals surface area contributed by atoms with E-state index >= 15 is 0 Å². The summed E-state index contributed by atoms with van der Waals surface area (Å²) in [6.45, 7) is 6.78. The number of amides is 2. The zero-order chi connectivity index (χ0) is 15.9. The number of carbonyl (C=O) groups excluding carboxylic acids is 1. The van der Waals surface area contributed by atoms with E-state index in [4.69, 9.17) is 9.47 Å². The first-order chi connectivity index (χ1) is 10.6. The molecule has 1 fully saturated rings. The number of hydrogen-bond acceptors (Lipinski definition) is 4. The molecule has 0 bridgehead atoms. The quantitative estimate of drug-likeness (QED) is 0.873. The van der Waals surface area contributed by atoms with Gasteiger partial charge in [-0.15, -0.1) is 0 Å². The average Bonchev–Trinajstić information content (AvgIpc) is 3.00. The highest BCUT2D eigenvalue weighted by molar-refractivity contribution is 5.74. The molecule has 2 rings (SSSR count). The minimum atomic E-state index is -0.0692. The molecule has 1 unspecified atom stereocenters. The summed E-state index contributed by atoms with van der Waals surface area (Å²) in [4.78, 5) is 18.2. The molecule has 0 aromatic carbocycles. The maximum atomic E-state index is 12.2. The third-order valence-electron chi connectivity index (χ3n) is 3.51. The minimum Gasteiger partial charge on any atom is -0.481 e. The van der Waals surface area contributed by atoms with Gasteiger partial charge in [0.1, 0.15) is 0 Å². The number of urea groups is 1. The lowest BCUT2D eigenvalue weighted by Gasteiger charge is -2.18. The number of rotatable bonds is 6. The van der Waals surface area contributed by atoms with Gasteiger partial charge in [-0.3, -0.25) is 0 Å². The fourth-order valence-electron chi connectivity index (χ4n) is 2.32. The Morgan fingerprint density at radius 2 is 2.32 bits per heavy atom. The van der Waals surface area contributed by atoms with Crippen LogP contribution in [0.4, 0.5) is 4.79 Å². The highest BCUT2D eigenvalue weighted by Gasteiger charge is 2.26. The number of methoxy groups -OCH3 is 1. The van der Waals surface area contributed by atoms with Crippen LogP contribution in [0.1, 0.15) is 26.0 Å². The Labute approximate surface area is 131 Å². The number of hydrogen-bond donors (Lipinski definition) is 1. The Bertz CT molecular complexity index is 493. The topological polar surface area (TPSA) is 63.7 Å². The molecule has 0 spiro atoms. The number of likely N-dealkylation sites (tertiary alicyclic amines) is 1. The molecule has 122 valence electrons. The molecular formula is C16H25N3O3. The van der Waals surface area contributed by atoms with Gasteiger partial charge in [-0.05, 0) is 18.4 Å². The van der Waals surface area contributed by atoms with Gasteiger partial charge >= 0.3 is 6.03 Å². The van der Waals surface area contributed by atoms with Crippen LogP contribution in [0, 0.1) is 5.92 Å². The zero-order valence-corrected chi connectivity index (χ0v) is 13.5. The van der Waals surface area contributed by atoms with Gasteiger partial charge in [0.2, 0.25) is 5.88 Å². The fraction of sp³-hybridized carbons (Fsp3) is 0.625. The van der Waals surface area contributed by atoms with Gasteiger partial charge in [0.15, 0.2) is 0 Å². The number of aromatic nitrogens is 1. The second kappa shape index (κ2) is 7.98. The Morgan fingerprint density at radius 1 is 1.50 bits per heavy atom. The molecule has 2 heterocycles. The van der Waals surface area contributed by atoms with Crippen molar-refractivity contribution in [3.63, 3.8) is 0 Å². The number of nitrogens with zero attached hydrogens (tertiary/aromatic N) is 2. The lowest BCUT2D eigenvalue weighted by Crippen LogP contribution is -2.39. The van der Waals surface area contributed by atoms with Gasteiger partial charge in [0, 0.05) is 25.8 Å². The Kier molecular flexibility index (Phi) is 6.00. The molecular weight excluding hydrogens is 282 g/mol. The molecule has 0 aliphatic carbocycles. The summed E-state index contributed by atoms with van der Waals surface area (Å²) >= 11 is 0. The summed E-state index contributed by atoms with van der Waals surface area (Å²) in [7, 11) is 1.58. The van der Waals surface area contributed by atoms with Crippen LogP contribution in [-0.2, 0) is 11.3 Å². The van der Waals surface area contributed by atoms with Gasteiger partial charge in [0.05, 0.1) is 25.5 Å². The van der Waals surface area contributed by atoms with E-state index in [9.17, 15) is 4.79 Å². The first-order valence-corrected chi connectivity index (χ1v) is 7.72. The van der Waals surface area contributed by atoms with Crippen molar-refractivity contribution in [3.05, 3.63) is 23.9 Å². The summed E-state index contributed by atoms with van der Waals surface area (Å²) < 4.78 is 10.9. The van der Waals surface area contributed by atoms with Gasteiger partial charge in [-0.1, -0.05) is 19.9 Å². The largest absolute Gasteiger partial charge is 0.481 e. The Morgan fingerprint density at radius 3 is 3.05 bits per heavy atom. The number of nitrogens with one attached hydrogen (secondary N) is 1. The van der Waals surface area contributed by atoms with Crippen molar-refractivity contribution in [3.8, 4) is 5.88 Å².